The number of sulfonamides is 1. The van der Waals surface area contributed by atoms with Gasteiger partial charge in [-0.15, -0.1) is 0 Å². The summed E-state index contributed by atoms with van der Waals surface area (Å²) in [7, 11) is -2.36. The summed E-state index contributed by atoms with van der Waals surface area (Å²) in [6.07, 6.45) is 0.0389. The number of ether oxygens (including phenoxy) is 1. The number of methoxy groups -OCH3 is 1. The SMILES string of the molecule is COC(=O)Cc1cc(S(=O)(=O)N2CCN(c3nc4ccccc4o3)CC2)ccc1C. The Morgan fingerprint density at radius 3 is 2.57 bits per heavy atom. The van der Waals surface area contributed by atoms with E-state index in [0.29, 0.717) is 43.3 Å². The molecular formula is C21H23N3O5S. The monoisotopic (exact) mass is 429 g/mol. The van der Waals surface area contributed by atoms with Crippen molar-refractivity contribution in [3.8, 4) is 0 Å². The first-order chi connectivity index (χ1) is 14.4. The lowest BCUT2D eigenvalue weighted by molar-refractivity contribution is -0.139. The molecule has 1 saturated heterocycles. The molecule has 0 amide bonds. The Kier molecular flexibility index (Phi) is 5.48. The molecule has 0 N–H and O–H groups in total. The predicted molar refractivity (Wildman–Crippen MR) is 112 cm³/mol. The number of hydrogen-bond acceptors (Lipinski definition) is 7. The molecule has 1 aliphatic heterocycles. The second-order valence-corrected chi connectivity index (χ2v) is 9.13. The molecule has 0 radical (unpaired) electrons. The standard InChI is InChI=1S/C21H23N3O5S/c1-15-7-8-17(13-16(15)14-20(25)28-2)30(26,27)24-11-9-23(10-12-24)21-22-18-5-3-4-6-19(18)29-21/h3-8,13H,9-12,14H2,1-2H3. The van der Waals surface area contributed by atoms with E-state index in [0.717, 1.165) is 11.1 Å². The molecule has 2 heterocycles. The van der Waals surface area contributed by atoms with Crippen LogP contribution in [0.25, 0.3) is 11.1 Å². The Labute approximate surface area is 175 Å². The maximum absolute atomic E-state index is 13.1. The number of fused-ring (bicyclic) bond motifs is 1. The molecular weight excluding hydrogens is 406 g/mol. The summed E-state index contributed by atoms with van der Waals surface area (Å²) < 4.78 is 38.2. The average Bonchev–Trinajstić information content (AvgIpc) is 3.19. The summed E-state index contributed by atoms with van der Waals surface area (Å²) in [5, 5.41) is 0. The van der Waals surface area contributed by atoms with E-state index in [-0.39, 0.29) is 11.3 Å². The predicted octanol–water partition coefficient (Wildman–Crippen LogP) is 2.36. The van der Waals surface area contributed by atoms with E-state index in [9.17, 15) is 13.2 Å². The quantitative estimate of drug-likeness (QED) is 0.575. The second kappa shape index (κ2) is 8.08. The fraction of sp³-hybridized carbons (Fsp3) is 0.333. The van der Waals surface area contributed by atoms with Crippen LogP contribution in [0.5, 0.6) is 0 Å². The van der Waals surface area contributed by atoms with Crippen LogP contribution in [0.3, 0.4) is 0 Å². The summed E-state index contributed by atoms with van der Waals surface area (Å²) >= 11 is 0. The third kappa shape index (κ3) is 3.90. The molecule has 0 saturated carbocycles. The molecule has 1 aromatic heterocycles. The Balaban J connectivity index is 1.49. The Hall–Kier alpha value is -2.91. The molecule has 0 spiro atoms. The minimum absolute atomic E-state index is 0.0389. The van der Waals surface area contributed by atoms with Gasteiger partial charge in [-0.25, -0.2) is 8.42 Å². The van der Waals surface area contributed by atoms with Crippen LogP contribution in [0.1, 0.15) is 11.1 Å². The zero-order valence-electron chi connectivity index (χ0n) is 16.9. The van der Waals surface area contributed by atoms with E-state index >= 15 is 0 Å². The van der Waals surface area contributed by atoms with Gasteiger partial charge in [0, 0.05) is 26.2 Å². The molecule has 0 atom stereocenters. The van der Waals surface area contributed by atoms with E-state index in [1.807, 2.05) is 36.1 Å². The van der Waals surface area contributed by atoms with Gasteiger partial charge in [0.2, 0.25) is 10.0 Å². The van der Waals surface area contributed by atoms with Gasteiger partial charge in [0.25, 0.3) is 6.01 Å². The van der Waals surface area contributed by atoms with Crippen LogP contribution in [0, 0.1) is 6.92 Å². The fourth-order valence-corrected chi connectivity index (χ4v) is 4.96. The highest BCUT2D eigenvalue weighted by Gasteiger charge is 2.30. The highest BCUT2D eigenvalue weighted by molar-refractivity contribution is 7.89. The molecule has 0 unspecified atom stereocenters. The third-order valence-electron chi connectivity index (χ3n) is 5.31. The lowest BCUT2D eigenvalue weighted by atomic mass is 10.1. The number of rotatable bonds is 5. The van der Waals surface area contributed by atoms with Gasteiger partial charge < -0.3 is 14.1 Å². The topological polar surface area (TPSA) is 93.0 Å². The summed E-state index contributed by atoms with van der Waals surface area (Å²) in [4.78, 5) is 18.2. The third-order valence-corrected chi connectivity index (χ3v) is 7.21. The Bertz CT molecular complexity index is 1150. The molecule has 4 rings (SSSR count). The van der Waals surface area contributed by atoms with Gasteiger partial charge in [0.1, 0.15) is 5.52 Å². The number of nitrogens with zero attached hydrogens (tertiary/aromatic N) is 3. The van der Waals surface area contributed by atoms with Gasteiger partial charge in [-0.2, -0.15) is 9.29 Å². The van der Waals surface area contributed by atoms with Gasteiger partial charge in [-0.3, -0.25) is 4.79 Å². The molecule has 1 aliphatic rings. The molecule has 0 bridgehead atoms. The van der Waals surface area contributed by atoms with Crippen molar-refractivity contribution in [1.82, 2.24) is 9.29 Å². The summed E-state index contributed by atoms with van der Waals surface area (Å²) in [6.45, 7) is 3.44. The van der Waals surface area contributed by atoms with Crippen LogP contribution in [0.4, 0.5) is 6.01 Å². The number of benzene rings is 2. The largest absolute Gasteiger partial charge is 0.469 e. The first-order valence-corrected chi connectivity index (χ1v) is 11.1. The normalized spacial score (nSPS) is 15.5. The summed E-state index contributed by atoms with van der Waals surface area (Å²) in [5.74, 6) is -0.403. The number of carbonyl (C=O) groups excluding carboxylic acids is 1. The first kappa shape index (κ1) is 20.4. The van der Waals surface area contributed by atoms with Crippen molar-refractivity contribution in [2.75, 3.05) is 38.2 Å². The smallest absolute Gasteiger partial charge is 0.309 e. The highest BCUT2D eigenvalue weighted by atomic mass is 32.2. The number of piperazine rings is 1. The average molecular weight is 429 g/mol. The lowest BCUT2D eigenvalue weighted by Crippen LogP contribution is -2.48. The van der Waals surface area contributed by atoms with Crippen LogP contribution in [0.2, 0.25) is 0 Å². The summed E-state index contributed by atoms with van der Waals surface area (Å²) in [6, 6.07) is 12.9. The number of aryl methyl sites for hydroxylation is 1. The Morgan fingerprint density at radius 2 is 1.87 bits per heavy atom. The maximum Gasteiger partial charge on any atom is 0.309 e. The van der Waals surface area contributed by atoms with Gasteiger partial charge >= 0.3 is 5.97 Å². The first-order valence-electron chi connectivity index (χ1n) is 9.65. The Morgan fingerprint density at radius 1 is 1.13 bits per heavy atom. The van der Waals surface area contributed by atoms with Crippen molar-refractivity contribution < 1.29 is 22.4 Å². The molecule has 9 heteroatoms. The van der Waals surface area contributed by atoms with E-state index < -0.39 is 16.0 Å². The molecule has 1 fully saturated rings. The van der Waals surface area contributed by atoms with E-state index in [2.05, 4.69) is 4.98 Å². The maximum atomic E-state index is 13.1. The summed E-state index contributed by atoms with van der Waals surface area (Å²) in [5.41, 5.74) is 2.98. The van der Waals surface area contributed by atoms with Crippen LogP contribution in [-0.4, -0.2) is 57.0 Å². The van der Waals surface area contributed by atoms with E-state index in [1.165, 1.54) is 11.4 Å². The van der Waals surface area contributed by atoms with Gasteiger partial charge in [-0.05, 0) is 42.3 Å². The lowest BCUT2D eigenvalue weighted by Gasteiger charge is -2.33. The molecule has 30 heavy (non-hydrogen) atoms. The van der Waals surface area contributed by atoms with Crippen LogP contribution in [0.15, 0.2) is 51.8 Å². The zero-order chi connectivity index (χ0) is 21.3. The molecule has 158 valence electrons. The molecule has 3 aromatic rings. The van der Waals surface area contributed by atoms with E-state index in [4.69, 9.17) is 9.15 Å². The molecule has 2 aromatic carbocycles. The number of anilines is 1. The van der Waals surface area contributed by atoms with Crippen molar-refractivity contribution in [3.63, 3.8) is 0 Å². The van der Waals surface area contributed by atoms with E-state index in [1.54, 1.807) is 18.2 Å². The number of carbonyl (C=O) groups is 1. The minimum atomic E-state index is -3.67. The number of hydrogen-bond donors (Lipinski definition) is 0. The number of para-hydroxylation sites is 2. The number of oxazole rings is 1. The van der Waals surface area contributed by atoms with Crippen molar-refractivity contribution in [2.45, 2.75) is 18.2 Å². The second-order valence-electron chi connectivity index (χ2n) is 7.20. The fourth-order valence-electron chi connectivity index (χ4n) is 3.49. The van der Waals surface area contributed by atoms with Crippen LogP contribution < -0.4 is 4.90 Å². The zero-order valence-corrected chi connectivity index (χ0v) is 17.7. The molecule has 8 nitrogen and oxygen atoms in total. The van der Waals surface area contributed by atoms with Crippen molar-refractivity contribution in [3.05, 3.63) is 53.6 Å². The van der Waals surface area contributed by atoms with Crippen molar-refractivity contribution in [1.29, 1.82) is 0 Å². The highest BCUT2D eigenvalue weighted by Crippen LogP contribution is 2.25. The van der Waals surface area contributed by atoms with Crippen LogP contribution in [-0.2, 0) is 26.0 Å². The number of aromatic nitrogens is 1. The van der Waals surface area contributed by atoms with Gasteiger partial charge in [-0.1, -0.05) is 18.2 Å². The van der Waals surface area contributed by atoms with Gasteiger partial charge in [0.05, 0.1) is 18.4 Å². The minimum Gasteiger partial charge on any atom is -0.469 e. The van der Waals surface area contributed by atoms with Crippen molar-refractivity contribution in [2.24, 2.45) is 0 Å². The molecule has 0 aliphatic carbocycles. The van der Waals surface area contributed by atoms with Crippen LogP contribution >= 0.6 is 0 Å². The van der Waals surface area contributed by atoms with Crippen molar-refractivity contribution >= 4 is 33.1 Å². The van der Waals surface area contributed by atoms with Gasteiger partial charge in [0.15, 0.2) is 5.58 Å². The number of esters is 1.